The summed E-state index contributed by atoms with van der Waals surface area (Å²) in [6, 6.07) is 3.00. The maximum Gasteiger partial charge on any atom is 0.191 e. The summed E-state index contributed by atoms with van der Waals surface area (Å²) in [5.74, 6) is 1.23. The number of guanidine groups is 1. The van der Waals surface area contributed by atoms with Crippen molar-refractivity contribution in [3.05, 3.63) is 45.2 Å². The monoisotopic (exact) mass is 406 g/mol. The number of nitrogens with zero attached hydrogens (tertiary/aromatic N) is 2. The first kappa shape index (κ1) is 20.5. The molecule has 1 aromatic heterocycles. The number of thiazole rings is 1. The van der Waals surface area contributed by atoms with Gasteiger partial charge in [0.25, 0.3) is 0 Å². The number of rotatable bonds is 8. The van der Waals surface area contributed by atoms with Gasteiger partial charge in [-0.05, 0) is 37.5 Å². The van der Waals surface area contributed by atoms with Gasteiger partial charge in [-0.2, -0.15) is 0 Å². The first-order valence-corrected chi connectivity index (χ1v) is 10.5. The number of hydrogen-bond acceptors (Lipinski definition) is 5. The second kappa shape index (κ2) is 10.4. The largest absolute Gasteiger partial charge is 0.467 e. The zero-order chi connectivity index (χ0) is 19.8. The Labute approximate surface area is 169 Å². The second-order valence-corrected chi connectivity index (χ2v) is 7.62. The number of aryl methyl sites for hydroxylation is 1. The summed E-state index contributed by atoms with van der Waals surface area (Å²) in [5.41, 5.74) is 1.60. The van der Waals surface area contributed by atoms with Crippen LogP contribution in [-0.2, 0) is 30.6 Å². The Kier molecular flexibility index (Phi) is 7.62. The van der Waals surface area contributed by atoms with Crippen molar-refractivity contribution in [1.29, 1.82) is 0 Å². The van der Waals surface area contributed by atoms with Gasteiger partial charge in [-0.15, -0.1) is 11.3 Å². The number of halogens is 1. The number of aliphatic imine (C=N–C) groups is 1. The van der Waals surface area contributed by atoms with Gasteiger partial charge in [-0.25, -0.2) is 9.37 Å². The van der Waals surface area contributed by atoms with Crippen LogP contribution >= 0.6 is 11.3 Å². The molecule has 1 aromatic carbocycles. The van der Waals surface area contributed by atoms with E-state index in [0.29, 0.717) is 26.1 Å². The molecule has 8 heteroatoms. The average molecular weight is 407 g/mol. The van der Waals surface area contributed by atoms with Gasteiger partial charge in [0.05, 0.1) is 11.6 Å². The van der Waals surface area contributed by atoms with Gasteiger partial charge in [0.1, 0.15) is 11.6 Å². The minimum absolute atomic E-state index is 0.208. The number of aromatic nitrogens is 1. The van der Waals surface area contributed by atoms with Crippen molar-refractivity contribution in [3.8, 4) is 5.75 Å². The molecule has 0 bridgehead atoms. The molecular formula is C20H27FN4O2S. The van der Waals surface area contributed by atoms with Crippen LogP contribution in [0.25, 0.3) is 0 Å². The van der Waals surface area contributed by atoms with Crippen LogP contribution in [0.3, 0.4) is 0 Å². The van der Waals surface area contributed by atoms with Crippen LogP contribution in [0.15, 0.2) is 23.3 Å². The minimum Gasteiger partial charge on any atom is -0.467 e. The Balaban J connectivity index is 1.54. The first-order chi connectivity index (χ1) is 13.7. The number of nitrogens with one attached hydrogen (secondary N) is 2. The van der Waals surface area contributed by atoms with E-state index in [-0.39, 0.29) is 12.6 Å². The van der Waals surface area contributed by atoms with Crippen molar-refractivity contribution in [2.45, 2.75) is 39.7 Å². The Hall–Kier alpha value is -2.19. The van der Waals surface area contributed by atoms with Gasteiger partial charge >= 0.3 is 0 Å². The summed E-state index contributed by atoms with van der Waals surface area (Å²) in [7, 11) is 0. The van der Waals surface area contributed by atoms with Gasteiger partial charge < -0.3 is 20.1 Å². The Morgan fingerprint density at radius 2 is 2.18 bits per heavy atom. The van der Waals surface area contributed by atoms with Crippen LogP contribution in [-0.4, -0.2) is 37.4 Å². The predicted octanol–water partition coefficient (Wildman–Crippen LogP) is 3.05. The molecule has 2 aromatic rings. The summed E-state index contributed by atoms with van der Waals surface area (Å²) in [4.78, 5) is 10.3. The molecule has 2 N–H and O–H groups in total. The summed E-state index contributed by atoms with van der Waals surface area (Å²) in [6.07, 6.45) is 4.42. The number of fused-ring (bicyclic) bond motifs is 1. The van der Waals surface area contributed by atoms with E-state index in [0.717, 1.165) is 47.2 Å². The third-order valence-electron chi connectivity index (χ3n) is 4.33. The molecule has 1 aliphatic heterocycles. The topological polar surface area (TPSA) is 67.8 Å². The zero-order valence-corrected chi connectivity index (χ0v) is 17.2. The lowest BCUT2D eigenvalue weighted by Crippen LogP contribution is -2.38. The maximum absolute atomic E-state index is 13.8. The van der Waals surface area contributed by atoms with Crippen molar-refractivity contribution >= 4 is 17.3 Å². The molecule has 0 saturated carbocycles. The molecule has 0 spiro atoms. The molecule has 0 saturated heterocycles. The lowest BCUT2D eigenvalue weighted by molar-refractivity contribution is -0.0172. The standard InChI is InChI=1S/C20H27FN4O2S/c1-3-17-11-25-18(28-17)6-8-24-20(22-4-2)23-7-5-14-9-16(21)10-15-12-26-13-27-19(14)15/h9-11H,3-8,12-13H2,1-2H3,(H2,22,23,24). The SMILES string of the molecule is CCNC(=NCCc1ncc(CC)s1)NCCc1cc(F)cc2c1OCOC2. The molecule has 6 nitrogen and oxygen atoms in total. The highest BCUT2D eigenvalue weighted by molar-refractivity contribution is 7.11. The molecule has 0 fully saturated rings. The molecule has 0 amide bonds. The molecule has 152 valence electrons. The molecular weight excluding hydrogens is 379 g/mol. The number of hydrogen-bond donors (Lipinski definition) is 2. The van der Waals surface area contributed by atoms with E-state index in [1.807, 2.05) is 13.1 Å². The predicted molar refractivity (Wildman–Crippen MR) is 110 cm³/mol. The van der Waals surface area contributed by atoms with E-state index in [2.05, 4.69) is 27.5 Å². The van der Waals surface area contributed by atoms with E-state index >= 15 is 0 Å². The molecule has 3 rings (SSSR count). The molecule has 0 aliphatic carbocycles. The van der Waals surface area contributed by atoms with Crippen molar-refractivity contribution < 1.29 is 13.9 Å². The van der Waals surface area contributed by atoms with Gasteiger partial charge in [0.2, 0.25) is 0 Å². The maximum atomic E-state index is 13.8. The lowest BCUT2D eigenvalue weighted by Gasteiger charge is -2.21. The van der Waals surface area contributed by atoms with Gasteiger partial charge in [-0.1, -0.05) is 6.92 Å². The minimum atomic E-state index is -0.265. The fourth-order valence-corrected chi connectivity index (χ4v) is 3.84. The summed E-state index contributed by atoms with van der Waals surface area (Å²) >= 11 is 1.75. The van der Waals surface area contributed by atoms with Crippen molar-refractivity contribution in [2.24, 2.45) is 4.99 Å². The van der Waals surface area contributed by atoms with Crippen LogP contribution in [0.4, 0.5) is 4.39 Å². The molecule has 28 heavy (non-hydrogen) atoms. The Morgan fingerprint density at radius 1 is 1.29 bits per heavy atom. The van der Waals surface area contributed by atoms with Crippen LogP contribution in [0.1, 0.15) is 34.9 Å². The third-order valence-corrected chi connectivity index (χ3v) is 5.53. The number of benzene rings is 1. The molecule has 2 heterocycles. The van der Waals surface area contributed by atoms with Crippen LogP contribution in [0.2, 0.25) is 0 Å². The van der Waals surface area contributed by atoms with E-state index in [1.165, 1.54) is 17.0 Å². The van der Waals surface area contributed by atoms with Crippen molar-refractivity contribution in [3.63, 3.8) is 0 Å². The second-order valence-electron chi connectivity index (χ2n) is 6.43. The zero-order valence-electron chi connectivity index (χ0n) is 16.4. The van der Waals surface area contributed by atoms with Gasteiger partial charge in [0.15, 0.2) is 12.8 Å². The van der Waals surface area contributed by atoms with Crippen molar-refractivity contribution in [1.82, 2.24) is 15.6 Å². The quantitative estimate of drug-likeness (QED) is 0.521. The average Bonchev–Trinajstić information content (AvgIpc) is 3.16. The normalized spacial score (nSPS) is 13.8. The van der Waals surface area contributed by atoms with E-state index in [9.17, 15) is 4.39 Å². The first-order valence-electron chi connectivity index (χ1n) is 9.67. The summed E-state index contributed by atoms with van der Waals surface area (Å²) in [5, 5.41) is 7.67. The van der Waals surface area contributed by atoms with E-state index < -0.39 is 0 Å². The van der Waals surface area contributed by atoms with Crippen LogP contribution in [0, 0.1) is 5.82 Å². The Bertz CT molecular complexity index is 809. The molecule has 0 radical (unpaired) electrons. The smallest absolute Gasteiger partial charge is 0.191 e. The lowest BCUT2D eigenvalue weighted by atomic mass is 10.1. The fourth-order valence-electron chi connectivity index (χ4n) is 2.99. The Morgan fingerprint density at radius 3 is 2.96 bits per heavy atom. The van der Waals surface area contributed by atoms with Crippen molar-refractivity contribution in [2.75, 3.05) is 26.4 Å². The molecule has 1 aliphatic rings. The molecule has 0 unspecified atom stereocenters. The summed E-state index contributed by atoms with van der Waals surface area (Å²) < 4.78 is 24.6. The van der Waals surface area contributed by atoms with Crippen LogP contribution in [0.5, 0.6) is 5.75 Å². The highest BCUT2D eigenvalue weighted by Crippen LogP contribution is 2.29. The van der Waals surface area contributed by atoms with Gasteiger partial charge in [0, 0.05) is 42.7 Å². The van der Waals surface area contributed by atoms with Gasteiger partial charge in [-0.3, -0.25) is 4.99 Å². The van der Waals surface area contributed by atoms with Crippen LogP contribution < -0.4 is 15.4 Å². The molecule has 0 atom stereocenters. The van der Waals surface area contributed by atoms with E-state index in [4.69, 9.17) is 9.47 Å². The third kappa shape index (κ3) is 5.65. The summed E-state index contributed by atoms with van der Waals surface area (Å²) in [6.45, 7) is 6.83. The highest BCUT2D eigenvalue weighted by Gasteiger charge is 2.16. The fraction of sp³-hybridized carbons (Fsp3) is 0.500. The highest BCUT2D eigenvalue weighted by atomic mass is 32.1. The van der Waals surface area contributed by atoms with E-state index in [1.54, 1.807) is 11.3 Å². The number of ether oxygens (including phenoxy) is 2.